The molecule has 3 nitrogen and oxygen atoms in total. The van der Waals surface area contributed by atoms with Gasteiger partial charge in [0.25, 0.3) is 0 Å². The van der Waals surface area contributed by atoms with E-state index < -0.39 is 0 Å². The van der Waals surface area contributed by atoms with E-state index in [9.17, 15) is 5.21 Å². The number of hydrogen-bond acceptors (Lipinski definition) is 2. The summed E-state index contributed by atoms with van der Waals surface area (Å²) in [6, 6.07) is 17.1. The topological polar surface area (TPSA) is 38.4 Å². The van der Waals surface area contributed by atoms with Crippen molar-refractivity contribution in [3.05, 3.63) is 65.4 Å². The molecule has 3 heteroatoms. The van der Waals surface area contributed by atoms with Crippen LogP contribution in [0, 0.1) is 5.21 Å². The van der Waals surface area contributed by atoms with E-state index in [1.54, 1.807) is 0 Å². The molecule has 2 aromatic carbocycles. The molecule has 0 spiro atoms. The highest BCUT2D eigenvalue weighted by atomic mass is 16.5. The SMILES string of the molecule is CC1(c2ccccc2[N+]([O-])=Nc2ccccc2)CC1. The maximum atomic E-state index is 12.3. The van der Waals surface area contributed by atoms with Gasteiger partial charge in [0.05, 0.1) is 0 Å². The molecule has 0 N–H and O–H groups in total. The van der Waals surface area contributed by atoms with E-state index in [-0.39, 0.29) is 5.41 Å². The maximum absolute atomic E-state index is 12.3. The van der Waals surface area contributed by atoms with Crippen LogP contribution in [0.5, 0.6) is 0 Å². The smallest absolute Gasteiger partial charge is 0.248 e. The van der Waals surface area contributed by atoms with E-state index in [1.165, 1.54) is 0 Å². The molecule has 0 saturated heterocycles. The summed E-state index contributed by atoms with van der Waals surface area (Å²) in [5.74, 6) is 0. The molecule has 19 heavy (non-hydrogen) atoms. The Hall–Kier alpha value is -2.16. The second kappa shape index (κ2) is 4.50. The Kier molecular flexibility index (Phi) is 2.82. The summed E-state index contributed by atoms with van der Waals surface area (Å²) in [5.41, 5.74) is 2.59. The average Bonchev–Trinajstić information content (AvgIpc) is 3.19. The van der Waals surface area contributed by atoms with Gasteiger partial charge in [0, 0.05) is 16.7 Å². The van der Waals surface area contributed by atoms with Crippen molar-refractivity contribution in [2.75, 3.05) is 0 Å². The zero-order chi connectivity index (χ0) is 13.3. The fraction of sp³-hybridized carbons (Fsp3) is 0.250. The molecule has 1 saturated carbocycles. The highest BCUT2D eigenvalue weighted by molar-refractivity contribution is 5.47. The lowest BCUT2D eigenvalue weighted by atomic mass is 9.97. The van der Waals surface area contributed by atoms with Gasteiger partial charge in [0.1, 0.15) is 5.69 Å². The van der Waals surface area contributed by atoms with Gasteiger partial charge in [-0.2, -0.15) is 0 Å². The minimum absolute atomic E-state index is 0.158. The van der Waals surface area contributed by atoms with Crippen LogP contribution in [0.2, 0.25) is 0 Å². The molecule has 0 unspecified atom stereocenters. The van der Waals surface area contributed by atoms with Crippen molar-refractivity contribution in [1.82, 2.24) is 0 Å². The summed E-state index contributed by atoms with van der Waals surface area (Å²) in [6.45, 7) is 2.20. The number of hydrogen-bond donors (Lipinski definition) is 0. The lowest BCUT2D eigenvalue weighted by Crippen LogP contribution is -2.04. The van der Waals surface area contributed by atoms with Crippen molar-refractivity contribution in [1.29, 1.82) is 0 Å². The predicted molar refractivity (Wildman–Crippen MR) is 74.8 cm³/mol. The van der Waals surface area contributed by atoms with E-state index in [0.29, 0.717) is 11.4 Å². The zero-order valence-electron chi connectivity index (χ0n) is 10.9. The monoisotopic (exact) mass is 252 g/mol. The quantitative estimate of drug-likeness (QED) is 0.444. The lowest BCUT2D eigenvalue weighted by Gasteiger charge is -2.11. The van der Waals surface area contributed by atoms with Crippen LogP contribution in [0.4, 0.5) is 11.4 Å². The molecular formula is C16H16N2O. The van der Waals surface area contributed by atoms with Crippen LogP contribution in [0.3, 0.4) is 0 Å². The molecule has 96 valence electrons. The zero-order valence-corrected chi connectivity index (χ0v) is 10.9. The van der Waals surface area contributed by atoms with Gasteiger partial charge in [-0.1, -0.05) is 43.3 Å². The van der Waals surface area contributed by atoms with Gasteiger partial charge >= 0.3 is 0 Å². The number of nitrogens with zero attached hydrogens (tertiary/aromatic N) is 2. The first-order chi connectivity index (χ1) is 9.19. The van der Waals surface area contributed by atoms with Crippen LogP contribution < -0.4 is 0 Å². The molecule has 0 bridgehead atoms. The summed E-state index contributed by atoms with van der Waals surface area (Å²) in [7, 11) is 0. The Labute approximate surface area is 112 Å². The third kappa shape index (κ3) is 2.36. The Bertz CT molecular complexity index is 616. The molecule has 1 aliphatic carbocycles. The van der Waals surface area contributed by atoms with E-state index in [4.69, 9.17) is 0 Å². The Morgan fingerprint density at radius 2 is 1.63 bits per heavy atom. The van der Waals surface area contributed by atoms with E-state index in [0.717, 1.165) is 23.3 Å². The molecule has 0 heterocycles. The summed E-state index contributed by atoms with van der Waals surface area (Å²) in [4.78, 5) is 0.744. The third-order valence-corrected chi connectivity index (χ3v) is 3.72. The second-order valence-electron chi connectivity index (χ2n) is 5.29. The average molecular weight is 252 g/mol. The van der Waals surface area contributed by atoms with Crippen LogP contribution in [-0.4, -0.2) is 4.86 Å². The van der Waals surface area contributed by atoms with Crippen molar-refractivity contribution in [3.63, 3.8) is 0 Å². The molecule has 0 aliphatic heterocycles. The van der Waals surface area contributed by atoms with Gasteiger partial charge in [-0.3, -0.25) is 0 Å². The normalized spacial score (nSPS) is 17.2. The minimum atomic E-state index is 0.158. The molecular weight excluding hydrogens is 236 g/mol. The summed E-state index contributed by atoms with van der Waals surface area (Å²) in [5, 5.41) is 16.4. The van der Waals surface area contributed by atoms with E-state index in [1.807, 2.05) is 54.6 Å². The van der Waals surface area contributed by atoms with Gasteiger partial charge < -0.3 is 5.21 Å². The molecule has 0 atom stereocenters. The number of benzene rings is 2. The first-order valence-electron chi connectivity index (χ1n) is 6.52. The fourth-order valence-electron chi connectivity index (χ4n) is 2.26. The Morgan fingerprint density at radius 1 is 1.00 bits per heavy atom. The second-order valence-corrected chi connectivity index (χ2v) is 5.29. The third-order valence-electron chi connectivity index (χ3n) is 3.72. The number of azo groups is 1. The van der Waals surface area contributed by atoms with Crippen molar-refractivity contribution in [2.45, 2.75) is 25.2 Å². The molecule has 1 aliphatic rings. The molecule has 3 rings (SSSR count). The number of para-hydroxylation sites is 1. The standard InChI is InChI=1S/C16H16N2O/c1-16(11-12-16)14-9-5-6-10-15(14)18(19)17-13-7-3-2-4-8-13/h2-10H,11-12H2,1H3. The van der Waals surface area contributed by atoms with Crippen molar-refractivity contribution in [2.24, 2.45) is 5.11 Å². The van der Waals surface area contributed by atoms with Crippen LogP contribution in [0.25, 0.3) is 0 Å². The van der Waals surface area contributed by atoms with Crippen molar-refractivity contribution >= 4 is 11.4 Å². The highest BCUT2D eigenvalue weighted by Gasteiger charge is 2.42. The molecule has 1 fully saturated rings. The van der Waals surface area contributed by atoms with Crippen LogP contribution >= 0.6 is 0 Å². The van der Waals surface area contributed by atoms with Gasteiger partial charge in [-0.05, 0) is 35.3 Å². The van der Waals surface area contributed by atoms with Crippen LogP contribution in [0.1, 0.15) is 25.3 Å². The summed E-state index contributed by atoms with van der Waals surface area (Å²) < 4.78 is 0. The molecule has 0 radical (unpaired) electrons. The summed E-state index contributed by atoms with van der Waals surface area (Å²) >= 11 is 0. The Morgan fingerprint density at radius 3 is 2.32 bits per heavy atom. The fourth-order valence-corrected chi connectivity index (χ4v) is 2.26. The predicted octanol–water partition coefficient (Wildman–Crippen LogP) is 4.66. The van der Waals surface area contributed by atoms with Gasteiger partial charge in [0.2, 0.25) is 5.69 Å². The van der Waals surface area contributed by atoms with E-state index >= 15 is 0 Å². The van der Waals surface area contributed by atoms with Crippen molar-refractivity contribution in [3.8, 4) is 0 Å². The van der Waals surface area contributed by atoms with Gasteiger partial charge in [-0.15, -0.1) is 0 Å². The van der Waals surface area contributed by atoms with Gasteiger partial charge in [-0.25, -0.2) is 0 Å². The van der Waals surface area contributed by atoms with Crippen LogP contribution in [-0.2, 0) is 5.41 Å². The Balaban J connectivity index is 2.01. The maximum Gasteiger partial charge on any atom is 0.248 e. The van der Waals surface area contributed by atoms with E-state index in [2.05, 4.69) is 12.0 Å². The van der Waals surface area contributed by atoms with Crippen molar-refractivity contribution < 1.29 is 4.86 Å². The highest BCUT2D eigenvalue weighted by Crippen LogP contribution is 2.50. The van der Waals surface area contributed by atoms with Gasteiger partial charge in [0.15, 0.2) is 0 Å². The first kappa shape index (κ1) is 11.9. The minimum Gasteiger partial charge on any atom is -0.594 e. The lowest BCUT2D eigenvalue weighted by molar-refractivity contribution is -0.436. The summed E-state index contributed by atoms with van der Waals surface area (Å²) in [6.07, 6.45) is 2.28. The first-order valence-corrected chi connectivity index (χ1v) is 6.52. The molecule has 0 aromatic heterocycles. The number of rotatable bonds is 3. The molecule has 2 aromatic rings. The molecule has 0 amide bonds. The van der Waals surface area contributed by atoms with Crippen LogP contribution in [0.15, 0.2) is 59.7 Å². The largest absolute Gasteiger partial charge is 0.594 e.